The van der Waals surface area contributed by atoms with Gasteiger partial charge in [-0.25, -0.2) is 4.79 Å². The van der Waals surface area contributed by atoms with Crippen molar-refractivity contribution in [2.75, 3.05) is 25.0 Å². The monoisotopic (exact) mass is 397 g/mol. The number of piperidine rings is 1. The molecule has 0 atom stereocenters. The summed E-state index contributed by atoms with van der Waals surface area (Å²) >= 11 is 0. The van der Waals surface area contributed by atoms with E-state index in [4.69, 9.17) is 4.74 Å². The SMILES string of the molecule is CCOC(=O)N1CCC(NC(=O)c2ccc(Nc3cc(C)cc(C)c3)nn2)CC1. The predicted octanol–water partition coefficient (Wildman–Crippen LogP) is 3.19. The molecule has 0 saturated carbocycles. The van der Waals surface area contributed by atoms with Gasteiger partial charge in [-0.1, -0.05) is 6.07 Å². The molecule has 0 unspecified atom stereocenters. The normalized spacial score (nSPS) is 14.4. The average molecular weight is 397 g/mol. The van der Waals surface area contributed by atoms with Crippen LogP contribution in [-0.2, 0) is 4.74 Å². The van der Waals surface area contributed by atoms with Crippen LogP contribution < -0.4 is 10.6 Å². The molecule has 2 aromatic rings. The zero-order valence-corrected chi connectivity index (χ0v) is 17.1. The van der Waals surface area contributed by atoms with E-state index in [1.807, 2.05) is 26.0 Å². The lowest BCUT2D eigenvalue weighted by Crippen LogP contribution is -2.46. The van der Waals surface area contributed by atoms with E-state index in [9.17, 15) is 9.59 Å². The Morgan fingerprint density at radius 2 is 1.79 bits per heavy atom. The van der Waals surface area contributed by atoms with Gasteiger partial charge in [-0.05, 0) is 69.0 Å². The summed E-state index contributed by atoms with van der Waals surface area (Å²) in [6.45, 7) is 7.35. The van der Waals surface area contributed by atoms with Crippen LogP contribution in [-0.4, -0.2) is 52.8 Å². The van der Waals surface area contributed by atoms with Crippen LogP contribution in [0.2, 0.25) is 0 Å². The molecule has 0 radical (unpaired) electrons. The number of hydrogen-bond donors (Lipinski definition) is 2. The second-order valence-electron chi connectivity index (χ2n) is 7.24. The number of aromatic nitrogens is 2. The van der Waals surface area contributed by atoms with Crippen molar-refractivity contribution in [1.82, 2.24) is 20.4 Å². The van der Waals surface area contributed by atoms with Crippen molar-refractivity contribution in [2.24, 2.45) is 0 Å². The molecule has 3 rings (SSSR count). The fourth-order valence-electron chi connectivity index (χ4n) is 3.40. The molecule has 0 spiro atoms. The number of anilines is 2. The molecule has 1 aromatic heterocycles. The Hall–Kier alpha value is -3.16. The summed E-state index contributed by atoms with van der Waals surface area (Å²) in [7, 11) is 0. The van der Waals surface area contributed by atoms with Crippen molar-refractivity contribution < 1.29 is 14.3 Å². The molecule has 2 amide bonds. The number of rotatable bonds is 5. The van der Waals surface area contributed by atoms with Crippen molar-refractivity contribution in [3.8, 4) is 0 Å². The molecular weight excluding hydrogens is 370 g/mol. The summed E-state index contributed by atoms with van der Waals surface area (Å²) in [4.78, 5) is 25.9. The van der Waals surface area contributed by atoms with Gasteiger partial charge in [-0.2, -0.15) is 0 Å². The Labute approximate surface area is 170 Å². The number of aryl methyl sites for hydroxylation is 2. The molecule has 1 aliphatic heterocycles. The van der Waals surface area contributed by atoms with Crippen LogP contribution in [0.25, 0.3) is 0 Å². The van der Waals surface area contributed by atoms with E-state index in [1.54, 1.807) is 24.0 Å². The van der Waals surface area contributed by atoms with Gasteiger partial charge in [0.15, 0.2) is 11.5 Å². The highest BCUT2D eigenvalue weighted by Crippen LogP contribution is 2.18. The number of nitrogens with zero attached hydrogens (tertiary/aromatic N) is 3. The molecule has 29 heavy (non-hydrogen) atoms. The van der Waals surface area contributed by atoms with Gasteiger partial charge < -0.3 is 20.3 Å². The van der Waals surface area contributed by atoms with Gasteiger partial charge in [-0.3, -0.25) is 4.79 Å². The fourth-order valence-corrected chi connectivity index (χ4v) is 3.40. The van der Waals surface area contributed by atoms with E-state index in [0.29, 0.717) is 38.4 Å². The first-order chi connectivity index (χ1) is 13.9. The van der Waals surface area contributed by atoms with E-state index in [2.05, 4.69) is 26.9 Å². The first kappa shape index (κ1) is 20.6. The third-order valence-corrected chi connectivity index (χ3v) is 4.75. The second-order valence-corrected chi connectivity index (χ2v) is 7.24. The number of benzene rings is 1. The molecule has 8 heteroatoms. The van der Waals surface area contributed by atoms with E-state index in [-0.39, 0.29) is 23.7 Å². The number of carbonyl (C=O) groups is 2. The molecule has 1 aromatic carbocycles. The van der Waals surface area contributed by atoms with Gasteiger partial charge in [-0.15, -0.1) is 10.2 Å². The number of amides is 2. The maximum atomic E-state index is 12.5. The number of likely N-dealkylation sites (tertiary alicyclic amines) is 1. The number of carbonyl (C=O) groups excluding carboxylic acids is 2. The average Bonchev–Trinajstić information content (AvgIpc) is 2.68. The molecule has 1 fully saturated rings. The number of nitrogens with one attached hydrogen (secondary N) is 2. The van der Waals surface area contributed by atoms with Crippen molar-refractivity contribution in [1.29, 1.82) is 0 Å². The summed E-state index contributed by atoms with van der Waals surface area (Å²) in [5.74, 6) is 0.319. The first-order valence-electron chi connectivity index (χ1n) is 9.86. The van der Waals surface area contributed by atoms with Crippen LogP contribution in [0.1, 0.15) is 41.4 Å². The van der Waals surface area contributed by atoms with Gasteiger partial charge in [0, 0.05) is 24.8 Å². The minimum atomic E-state index is -0.296. The standard InChI is InChI=1S/C21H27N5O3/c1-4-29-21(28)26-9-7-16(8-10-26)23-20(27)18-5-6-19(25-24-18)22-17-12-14(2)11-15(3)13-17/h5-6,11-13,16H,4,7-10H2,1-3H3,(H,22,25)(H,23,27). The zero-order chi connectivity index (χ0) is 20.8. The van der Waals surface area contributed by atoms with Crippen molar-refractivity contribution in [3.05, 3.63) is 47.2 Å². The molecule has 0 aliphatic carbocycles. The van der Waals surface area contributed by atoms with E-state index in [1.165, 1.54) is 0 Å². The van der Waals surface area contributed by atoms with Gasteiger partial charge in [0.05, 0.1) is 6.61 Å². The molecule has 2 heterocycles. The Balaban J connectivity index is 1.52. The first-order valence-corrected chi connectivity index (χ1v) is 9.86. The summed E-state index contributed by atoms with van der Waals surface area (Å²) < 4.78 is 5.01. The summed E-state index contributed by atoms with van der Waals surface area (Å²) in [5, 5.41) is 14.3. The largest absolute Gasteiger partial charge is 0.450 e. The quantitative estimate of drug-likeness (QED) is 0.804. The second kappa shape index (κ2) is 9.36. The number of ether oxygens (including phenoxy) is 1. The highest BCUT2D eigenvalue weighted by molar-refractivity contribution is 5.92. The lowest BCUT2D eigenvalue weighted by atomic mass is 10.1. The lowest BCUT2D eigenvalue weighted by molar-refractivity contribution is 0.0856. The summed E-state index contributed by atoms with van der Waals surface area (Å²) in [6, 6.07) is 9.55. The lowest BCUT2D eigenvalue weighted by Gasteiger charge is -2.31. The van der Waals surface area contributed by atoms with E-state index >= 15 is 0 Å². The molecule has 0 bridgehead atoms. The molecular formula is C21H27N5O3. The molecule has 8 nitrogen and oxygen atoms in total. The maximum absolute atomic E-state index is 12.5. The van der Waals surface area contributed by atoms with Crippen molar-refractivity contribution >= 4 is 23.5 Å². The predicted molar refractivity (Wildman–Crippen MR) is 110 cm³/mol. The number of hydrogen-bond acceptors (Lipinski definition) is 6. The Morgan fingerprint density at radius 1 is 1.10 bits per heavy atom. The summed E-state index contributed by atoms with van der Waals surface area (Å²) in [6.07, 6.45) is 1.07. The van der Waals surface area contributed by atoms with E-state index < -0.39 is 0 Å². The third kappa shape index (κ3) is 5.66. The molecule has 1 saturated heterocycles. The highest BCUT2D eigenvalue weighted by atomic mass is 16.6. The van der Waals surface area contributed by atoms with Crippen molar-refractivity contribution in [3.63, 3.8) is 0 Å². The van der Waals surface area contributed by atoms with Gasteiger partial charge in [0.2, 0.25) is 0 Å². The van der Waals surface area contributed by atoms with E-state index in [0.717, 1.165) is 16.8 Å². The Kier molecular flexibility index (Phi) is 6.64. The van der Waals surface area contributed by atoms with Gasteiger partial charge in [0.1, 0.15) is 0 Å². The van der Waals surface area contributed by atoms with Crippen LogP contribution in [0.3, 0.4) is 0 Å². The minimum absolute atomic E-state index is 0.00282. The Bertz CT molecular complexity index is 841. The van der Waals surface area contributed by atoms with Crippen molar-refractivity contribution in [2.45, 2.75) is 39.7 Å². The molecule has 1 aliphatic rings. The topological polar surface area (TPSA) is 96.5 Å². The van der Waals surface area contributed by atoms with Crippen LogP contribution in [0.5, 0.6) is 0 Å². The minimum Gasteiger partial charge on any atom is -0.450 e. The molecule has 2 N–H and O–H groups in total. The smallest absolute Gasteiger partial charge is 0.409 e. The maximum Gasteiger partial charge on any atom is 0.409 e. The van der Waals surface area contributed by atoms with Crippen LogP contribution >= 0.6 is 0 Å². The molecule has 154 valence electrons. The summed E-state index contributed by atoms with van der Waals surface area (Å²) in [5.41, 5.74) is 3.52. The fraction of sp³-hybridized carbons (Fsp3) is 0.429. The third-order valence-electron chi connectivity index (χ3n) is 4.75. The zero-order valence-electron chi connectivity index (χ0n) is 17.1. The Morgan fingerprint density at radius 3 is 2.38 bits per heavy atom. The van der Waals surface area contributed by atoms with Crippen LogP contribution in [0, 0.1) is 13.8 Å². The van der Waals surface area contributed by atoms with Crippen LogP contribution in [0.15, 0.2) is 30.3 Å². The van der Waals surface area contributed by atoms with Gasteiger partial charge in [0.25, 0.3) is 5.91 Å². The highest BCUT2D eigenvalue weighted by Gasteiger charge is 2.25. The van der Waals surface area contributed by atoms with Crippen LogP contribution in [0.4, 0.5) is 16.3 Å². The van der Waals surface area contributed by atoms with Gasteiger partial charge >= 0.3 is 6.09 Å².